The Kier molecular flexibility index (Phi) is 3.82. The fraction of sp³-hybridized carbons (Fsp3) is 1.00. The first kappa shape index (κ1) is 13.0. The Balaban J connectivity index is 2.78. The lowest BCUT2D eigenvalue weighted by Gasteiger charge is -2.36. The topological polar surface area (TPSA) is 54.4 Å². The van der Waals surface area contributed by atoms with Crippen LogP contribution in [0.5, 0.6) is 0 Å². The second-order valence-electron chi connectivity index (χ2n) is 5.22. The third-order valence-electron chi connectivity index (χ3n) is 3.76. The van der Waals surface area contributed by atoms with Crippen LogP contribution in [0.15, 0.2) is 0 Å². The van der Waals surface area contributed by atoms with Crippen LogP contribution < -0.4 is 0 Å². The number of aliphatic hydroxyl groups is 1. The number of sulfone groups is 1. The van der Waals surface area contributed by atoms with Gasteiger partial charge in [0, 0.05) is 6.26 Å². The SMILES string of the molecule is CC(C)(C(O)C1CCCCC1)S(C)(=O)=O. The normalized spacial score (nSPS) is 22.7. The highest BCUT2D eigenvalue weighted by atomic mass is 32.2. The molecule has 0 heterocycles. The quantitative estimate of drug-likeness (QED) is 0.809. The van der Waals surface area contributed by atoms with Crippen LogP contribution in [-0.2, 0) is 9.84 Å². The van der Waals surface area contributed by atoms with E-state index in [1.54, 1.807) is 13.8 Å². The highest BCUT2D eigenvalue weighted by Gasteiger charge is 2.42. The van der Waals surface area contributed by atoms with Gasteiger partial charge in [-0.05, 0) is 32.6 Å². The monoisotopic (exact) mass is 234 g/mol. The molecule has 0 saturated heterocycles. The van der Waals surface area contributed by atoms with Crippen molar-refractivity contribution in [3.05, 3.63) is 0 Å². The molecule has 1 saturated carbocycles. The highest BCUT2D eigenvalue weighted by Crippen LogP contribution is 2.34. The average Bonchev–Trinajstić information content (AvgIpc) is 2.16. The Morgan fingerprint density at radius 1 is 1.20 bits per heavy atom. The van der Waals surface area contributed by atoms with Crippen molar-refractivity contribution in [2.24, 2.45) is 5.92 Å². The van der Waals surface area contributed by atoms with E-state index in [4.69, 9.17) is 0 Å². The summed E-state index contributed by atoms with van der Waals surface area (Å²) in [6, 6.07) is 0. The van der Waals surface area contributed by atoms with Gasteiger partial charge in [-0.25, -0.2) is 8.42 Å². The van der Waals surface area contributed by atoms with Gasteiger partial charge in [0.15, 0.2) is 9.84 Å². The van der Waals surface area contributed by atoms with E-state index in [-0.39, 0.29) is 5.92 Å². The molecule has 0 spiro atoms. The molecule has 1 atom stereocenters. The zero-order chi connectivity index (χ0) is 11.7. The van der Waals surface area contributed by atoms with Crippen LogP contribution in [0.2, 0.25) is 0 Å². The first-order chi connectivity index (χ1) is 6.77. The third kappa shape index (κ3) is 2.72. The molecule has 0 amide bonds. The number of rotatable bonds is 3. The summed E-state index contributed by atoms with van der Waals surface area (Å²) in [6.45, 7) is 3.25. The molecule has 1 fully saturated rings. The summed E-state index contributed by atoms with van der Waals surface area (Å²) in [7, 11) is -3.20. The molecule has 15 heavy (non-hydrogen) atoms. The maximum atomic E-state index is 11.6. The molecule has 0 radical (unpaired) electrons. The fourth-order valence-corrected chi connectivity index (χ4v) is 2.87. The predicted molar refractivity (Wildman–Crippen MR) is 61.5 cm³/mol. The second-order valence-corrected chi connectivity index (χ2v) is 7.82. The molecule has 1 N–H and O–H groups in total. The maximum Gasteiger partial charge on any atom is 0.155 e. The van der Waals surface area contributed by atoms with Crippen molar-refractivity contribution in [2.75, 3.05) is 6.26 Å². The lowest BCUT2D eigenvalue weighted by molar-refractivity contribution is 0.0568. The number of hydrogen-bond acceptors (Lipinski definition) is 3. The van der Waals surface area contributed by atoms with Gasteiger partial charge < -0.3 is 5.11 Å². The van der Waals surface area contributed by atoms with Crippen LogP contribution in [0.4, 0.5) is 0 Å². The molecule has 3 nitrogen and oxygen atoms in total. The first-order valence-corrected chi connectivity index (χ1v) is 7.53. The largest absolute Gasteiger partial charge is 0.391 e. The smallest absolute Gasteiger partial charge is 0.155 e. The van der Waals surface area contributed by atoms with Crippen molar-refractivity contribution in [1.29, 1.82) is 0 Å². The minimum atomic E-state index is -3.20. The molecular formula is C11H22O3S. The van der Waals surface area contributed by atoms with E-state index < -0.39 is 20.7 Å². The van der Waals surface area contributed by atoms with Crippen molar-refractivity contribution >= 4 is 9.84 Å². The summed E-state index contributed by atoms with van der Waals surface area (Å²) in [5.74, 6) is 0.156. The molecule has 90 valence electrons. The van der Waals surface area contributed by atoms with E-state index >= 15 is 0 Å². The Labute approximate surface area is 92.8 Å². The molecule has 0 aliphatic heterocycles. The Bertz CT molecular complexity index is 300. The molecule has 1 unspecified atom stereocenters. The molecule has 0 aromatic carbocycles. The minimum Gasteiger partial charge on any atom is -0.391 e. The van der Waals surface area contributed by atoms with Crippen molar-refractivity contribution in [3.63, 3.8) is 0 Å². The van der Waals surface area contributed by atoms with E-state index in [0.717, 1.165) is 25.7 Å². The van der Waals surface area contributed by atoms with E-state index in [9.17, 15) is 13.5 Å². The van der Waals surface area contributed by atoms with Gasteiger partial charge in [0.05, 0.1) is 10.9 Å². The van der Waals surface area contributed by atoms with Crippen LogP contribution in [0.3, 0.4) is 0 Å². The van der Waals surface area contributed by atoms with Gasteiger partial charge in [-0.3, -0.25) is 0 Å². The van der Waals surface area contributed by atoms with Crippen molar-refractivity contribution < 1.29 is 13.5 Å². The summed E-state index contributed by atoms with van der Waals surface area (Å²) in [5, 5.41) is 10.2. The number of aliphatic hydroxyl groups excluding tert-OH is 1. The van der Waals surface area contributed by atoms with E-state index in [1.807, 2.05) is 0 Å². The third-order valence-corrected chi connectivity index (χ3v) is 5.92. The van der Waals surface area contributed by atoms with Gasteiger partial charge in [-0.2, -0.15) is 0 Å². The molecule has 1 aliphatic rings. The Morgan fingerprint density at radius 2 is 1.67 bits per heavy atom. The standard InChI is InChI=1S/C11H22O3S/c1-11(2,15(3,13)14)10(12)9-7-5-4-6-8-9/h9-10,12H,4-8H2,1-3H3. The lowest BCUT2D eigenvalue weighted by atomic mass is 9.81. The van der Waals surface area contributed by atoms with Gasteiger partial charge in [0.2, 0.25) is 0 Å². The van der Waals surface area contributed by atoms with E-state index in [2.05, 4.69) is 0 Å². The second kappa shape index (κ2) is 4.42. The molecule has 0 bridgehead atoms. The van der Waals surface area contributed by atoms with Crippen LogP contribution in [-0.4, -0.2) is 30.6 Å². The average molecular weight is 234 g/mol. The van der Waals surface area contributed by atoms with Gasteiger partial charge in [0.25, 0.3) is 0 Å². The summed E-state index contributed by atoms with van der Waals surface area (Å²) in [6.07, 6.45) is 5.83. The summed E-state index contributed by atoms with van der Waals surface area (Å²) < 4.78 is 22.1. The highest BCUT2D eigenvalue weighted by molar-refractivity contribution is 7.92. The Hall–Kier alpha value is -0.0900. The summed E-state index contributed by atoms with van der Waals surface area (Å²) in [4.78, 5) is 0. The maximum absolute atomic E-state index is 11.6. The number of hydrogen-bond donors (Lipinski definition) is 1. The van der Waals surface area contributed by atoms with Crippen LogP contribution in [0, 0.1) is 5.92 Å². The van der Waals surface area contributed by atoms with Gasteiger partial charge >= 0.3 is 0 Å². The predicted octanol–water partition coefficient (Wildman–Crippen LogP) is 1.75. The molecule has 1 rings (SSSR count). The molecular weight excluding hydrogens is 212 g/mol. The van der Waals surface area contributed by atoms with Crippen LogP contribution >= 0.6 is 0 Å². The van der Waals surface area contributed by atoms with Crippen LogP contribution in [0.25, 0.3) is 0 Å². The van der Waals surface area contributed by atoms with Gasteiger partial charge in [-0.1, -0.05) is 19.3 Å². The molecule has 4 heteroatoms. The van der Waals surface area contributed by atoms with Crippen LogP contribution in [0.1, 0.15) is 46.0 Å². The molecule has 0 aromatic rings. The van der Waals surface area contributed by atoms with Crippen molar-refractivity contribution in [2.45, 2.75) is 56.8 Å². The molecule has 0 aromatic heterocycles. The fourth-order valence-electron chi connectivity index (χ4n) is 2.24. The minimum absolute atomic E-state index is 0.156. The van der Waals surface area contributed by atoms with E-state index in [0.29, 0.717) is 0 Å². The lowest BCUT2D eigenvalue weighted by Crippen LogP contribution is -2.47. The van der Waals surface area contributed by atoms with Gasteiger partial charge in [-0.15, -0.1) is 0 Å². The summed E-state index contributed by atoms with van der Waals surface area (Å²) >= 11 is 0. The zero-order valence-corrected chi connectivity index (χ0v) is 10.7. The molecule has 1 aliphatic carbocycles. The van der Waals surface area contributed by atoms with Crippen molar-refractivity contribution in [1.82, 2.24) is 0 Å². The van der Waals surface area contributed by atoms with Crippen molar-refractivity contribution in [3.8, 4) is 0 Å². The Morgan fingerprint density at radius 3 is 2.07 bits per heavy atom. The van der Waals surface area contributed by atoms with E-state index in [1.165, 1.54) is 12.7 Å². The zero-order valence-electron chi connectivity index (χ0n) is 9.86. The van der Waals surface area contributed by atoms with Gasteiger partial charge in [0.1, 0.15) is 0 Å². The summed E-state index contributed by atoms with van der Waals surface area (Å²) in [5.41, 5.74) is 0. The first-order valence-electron chi connectivity index (χ1n) is 5.64.